The highest BCUT2D eigenvalue weighted by molar-refractivity contribution is 5.85. The standard InChI is InChI=1S/C18H16FN/c19-17-10-3-4-11-18(17)20-13-12-15-8-5-7-14-6-1-2-9-16(14)15/h1-11,20H,12-13H2. The average Bonchev–Trinajstić information content (AvgIpc) is 2.49. The molecule has 20 heavy (non-hydrogen) atoms. The number of rotatable bonds is 4. The summed E-state index contributed by atoms with van der Waals surface area (Å²) in [5.41, 5.74) is 1.85. The number of para-hydroxylation sites is 1. The molecule has 0 heterocycles. The van der Waals surface area contributed by atoms with Crippen LogP contribution in [0.25, 0.3) is 10.8 Å². The molecule has 0 radical (unpaired) electrons. The molecule has 0 aromatic heterocycles. The Morgan fingerprint density at radius 2 is 1.55 bits per heavy atom. The van der Waals surface area contributed by atoms with Gasteiger partial charge in [0.1, 0.15) is 5.82 Å². The summed E-state index contributed by atoms with van der Waals surface area (Å²) in [5, 5.41) is 5.67. The average molecular weight is 265 g/mol. The van der Waals surface area contributed by atoms with E-state index in [1.54, 1.807) is 12.1 Å². The fourth-order valence-electron chi connectivity index (χ4n) is 2.45. The van der Waals surface area contributed by atoms with Crippen molar-refractivity contribution in [2.45, 2.75) is 6.42 Å². The van der Waals surface area contributed by atoms with Gasteiger partial charge in [-0.25, -0.2) is 4.39 Å². The van der Waals surface area contributed by atoms with E-state index in [4.69, 9.17) is 0 Å². The smallest absolute Gasteiger partial charge is 0.146 e. The van der Waals surface area contributed by atoms with Crippen LogP contribution in [0.3, 0.4) is 0 Å². The maximum atomic E-state index is 13.5. The van der Waals surface area contributed by atoms with E-state index in [0.29, 0.717) is 5.69 Å². The van der Waals surface area contributed by atoms with Gasteiger partial charge in [0.05, 0.1) is 5.69 Å². The van der Waals surface area contributed by atoms with Crippen molar-refractivity contribution in [2.75, 3.05) is 11.9 Å². The van der Waals surface area contributed by atoms with Crippen molar-refractivity contribution in [1.29, 1.82) is 0 Å². The Balaban J connectivity index is 1.73. The first-order chi connectivity index (χ1) is 9.84. The van der Waals surface area contributed by atoms with Crippen LogP contribution in [0, 0.1) is 5.82 Å². The molecule has 100 valence electrons. The lowest BCUT2D eigenvalue weighted by Gasteiger charge is -2.09. The van der Waals surface area contributed by atoms with Gasteiger partial charge in [-0.15, -0.1) is 0 Å². The molecule has 3 aromatic carbocycles. The molecule has 0 amide bonds. The van der Waals surface area contributed by atoms with Crippen molar-refractivity contribution in [3.63, 3.8) is 0 Å². The number of hydrogen-bond acceptors (Lipinski definition) is 1. The van der Waals surface area contributed by atoms with Crippen LogP contribution in [0.1, 0.15) is 5.56 Å². The van der Waals surface area contributed by atoms with Gasteiger partial charge in [0.15, 0.2) is 0 Å². The van der Waals surface area contributed by atoms with E-state index in [2.05, 4.69) is 41.7 Å². The molecular weight excluding hydrogens is 249 g/mol. The minimum absolute atomic E-state index is 0.203. The number of benzene rings is 3. The molecule has 0 aliphatic rings. The molecule has 0 bridgehead atoms. The number of halogens is 1. The summed E-state index contributed by atoms with van der Waals surface area (Å²) in [4.78, 5) is 0. The van der Waals surface area contributed by atoms with E-state index in [9.17, 15) is 4.39 Å². The van der Waals surface area contributed by atoms with E-state index >= 15 is 0 Å². The zero-order valence-corrected chi connectivity index (χ0v) is 11.1. The zero-order chi connectivity index (χ0) is 13.8. The first-order valence-electron chi connectivity index (χ1n) is 6.79. The summed E-state index contributed by atoms with van der Waals surface area (Å²) in [7, 11) is 0. The Kier molecular flexibility index (Phi) is 3.64. The van der Waals surface area contributed by atoms with E-state index in [-0.39, 0.29) is 5.82 Å². The quantitative estimate of drug-likeness (QED) is 0.725. The molecule has 0 aliphatic carbocycles. The van der Waals surface area contributed by atoms with Gasteiger partial charge < -0.3 is 5.32 Å². The number of anilines is 1. The van der Waals surface area contributed by atoms with Gasteiger partial charge in [-0.1, -0.05) is 54.6 Å². The molecule has 1 N–H and O–H groups in total. The molecule has 3 rings (SSSR count). The number of nitrogens with one attached hydrogen (secondary N) is 1. The maximum absolute atomic E-state index is 13.5. The third kappa shape index (κ3) is 2.64. The van der Waals surface area contributed by atoms with Crippen molar-refractivity contribution < 1.29 is 4.39 Å². The minimum Gasteiger partial charge on any atom is -0.382 e. The SMILES string of the molecule is Fc1ccccc1NCCc1cccc2ccccc12. The van der Waals surface area contributed by atoms with Crippen molar-refractivity contribution in [3.05, 3.63) is 78.1 Å². The molecular formula is C18H16FN. The topological polar surface area (TPSA) is 12.0 Å². The molecule has 0 atom stereocenters. The number of fused-ring (bicyclic) bond motifs is 1. The molecule has 0 saturated carbocycles. The van der Waals surface area contributed by atoms with E-state index in [1.807, 2.05) is 12.1 Å². The Hall–Kier alpha value is -2.35. The second-order valence-corrected chi connectivity index (χ2v) is 4.79. The normalized spacial score (nSPS) is 10.7. The van der Waals surface area contributed by atoms with Gasteiger partial charge in [-0.05, 0) is 34.9 Å². The molecule has 0 saturated heterocycles. The highest BCUT2D eigenvalue weighted by atomic mass is 19.1. The van der Waals surface area contributed by atoms with Crippen LogP contribution in [0.15, 0.2) is 66.7 Å². The van der Waals surface area contributed by atoms with Crippen LogP contribution in [0.5, 0.6) is 0 Å². The van der Waals surface area contributed by atoms with Crippen LogP contribution in [-0.2, 0) is 6.42 Å². The van der Waals surface area contributed by atoms with Gasteiger partial charge in [0, 0.05) is 6.54 Å². The second kappa shape index (κ2) is 5.74. The fraction of sp³-hybridized carbons (Fsp3) is 0.111. The van der Waals surface area contributed by atoms with Crippen LogP contribution in [-0.4, -0.2) is 6.54 Å². The monoisotopic (exact) mass is 265 g/mol. The highest BCUT2D eigenvalue weighted by Crippen LogP contribution is 2.19. The highest BCUT2D eigenvalue weighted by Gasteiger charge is 2.02. The predicted molar refractivity (Wildman–Crippen MR) is 82.5 cm³/mol. The molecule has 1 nitrogen and oxygen atoms in total. The summed E-state index contributed by atoms with van der Waals surface area (Å²) in [5.74, 6) is -0.203. The molecule has 0 aliphatic heterocycles. The first kappa shape index (κ1) is 12.7. The Bertz CT molecular complexity index is 716. The molecule has 2 heteroatoms. The lowest BCUT2D eigenvalue weighted by Crippen LogP contribution is -2.06. The number of hydrogen-bond donors (Lipinski definition) is 1. The van der Waals surface area contributed by atoms with Gasteiger partial charge in [-0.2, -0.15) is 0 Å². The minimum atomic E-state index is -0.203. The van der Waals surface area contributed by atoms with E-state index in [1.165, 1.54) is 22.4 Å². The first-order valence-corrected chi connectivity index (χ1v) is 6.79. The van der Waals surface area contributed by atoms with Crippen LogP contribution in [0.4, 0.5) is 10.1 Å². The summed E-state index contributed by atoms with van der Waals surface area (Å²) in [6.45, 7) is 0.717. The largest absolute Gasteiger partial charge is 0.382 e. The van der Waals surface area contributed by atoms with Crippen molar-refractivity contribution in [2.24, 2.45) is 0 Å². The van der Waals surface area contributed by atoms with Crippen molar-refractivity contribution >= 4 is 16.5 Å². The third-order valence-electron chi connectivity index (χ3n) is 3.46. The summed E-state index contributed by atoms with van der Waals surface area (Å²) >= 11 is 0. The van der Waals surface area contributed by atoms with Crippen molar-refractivity contribution in [3.8, 4) is 0 Å². The zero-order valence-electron chi connectivity index (χ0n) is 11.1. The lowest BCUT2D eigenvalue weighted by molar-refractivity contribution is 0.630. The van der Waals surface area contributed by atoms with Gasteiger partial charge in [-0.3, -0.25) is 0 Å². The van der Waals surface area contributed by atoms with E-state index in [0.717, 1.165) is 13.0 Å². The van der Waals surface area contributed by atoms with Crippen LogP contribution < -0.4 is 5.32 Å². The van der Waals surface area contributed by atoms with Crippen LogP contribution in [0.2, 0.25) is 0 Å². The Morgan fingerprint density at radius 3 is 2.45 bits per heavy atom. The molecule has 0 spiro atoms. The third-order valence-corrected chi connectivity index (χ3v) is 3.46. The van der Waals surface area contributed by atoms with Crippen molar-refractivity contribution in [1.82, 2.24) is 0 Å². The lowest BCUT2D eigenvalue weighted by atomic mass is 10.0. The molecule has 0 fully saturated rings. The fourth-order valence-corrected chi connectivity index (χ4v) is 2.45. The van der Waals surface area contributed by atoms with Gasteiger partial charge in [0.2, 0.25) is 0 Å². The maximum Gasteiger partial charge on any atom is 0.146 e. The summed E-state index contributed by atoms with van der Waals surface area (Å²) in [6.07, 6.45) is 0.871. The predicted octanol–water partition coefficient (Wildman–Crippen LogP) is 4.63. The van der Waals surface area contributed by atoms with E-state index < -0.39 is 0 Å². The van der Waals surface area contributed by atoms with Gasteiger partial charge >= 0.3 is 0 Å². The molecule has 3 aromatic rings. The summed E-state index contributed by atoms with van der Waals surface area (Å²) in [6, 6.07) is 21.4. The van der Waals surface area contributed by atoms with Crippen LogP contribution >= 0.6 is 0 Å². The summed E-state index contributed by atoms with van der Waals surface area (Å²) < 4.78 is 13.5. The molecule has 0 unspecified atom stereocenters. The second-order valence-electron chi connectivity index (χ2n) is 4.79. The Labute approximate surface area is 118 Å². The Morgan fingerprint density at radius 1 is 0.800 bits per heavy atom. The van der Waals surface area contributed by atoms with Gasteiger partial charge in [0.25, 0.3) is 0 Å².